The van der Waals surface area contributed by atoms with Crippen LogP contribution in [0.25, 0.3) is 0 Å². The molecule has 0 aliphatic rings. The Morgan fingerprint density at radius 2 is 2.17 bits per heavy atom. The van der Waals surface area contributed by atoms with Gasteiger partial charge >= 0.3 is 0 Å². The van der Waals surface area contributed by atoms with Gasteiger partial charge < -0.3 is 0 Å². The van der Waals surface area contributed by atoms with Crippen molar-refractivity contribution in [1.29, 1.82) is 0 Å². The van der Waals surface area contributed by atoms with E-state index < -0.39 is 11.6 Å². The van der Waals surface area contributed by atoms with Crippen molar-refractivity contribution in [1.82, 2.24) is 15.2 Å². The molecular weight excluding hydrogens is 238 g/mol. The predicted octanol–water partition coefficient (Wildman–Crippen LogP) is 1.45. The Labute approximate surface area is 103 Å². The van der Waals surface area contributed by atoms with Gasteiger partial charge in [0.05, 0.1) is 11.7 Å². The summed E-state index contributed by atoms with van der Waals surface area (Å²) in [5.41, 5.74) is 3.85. The number of nitrogens with two attached hydrogens (primary N) is 1. The van der Waals surface area contributed by atoms with Crippen molar-refractivity contribution in [2.45, 2.75) is 12.5 Å². The maximum Gasteiger partial charge on any atom is 0.129 e. The first kappa shape index (κ1) is 12.7. The van der Waals surface area contributed by atoms with E-state index in [1.54, 1.807) is 24.0 Å². The summed E-state index contributed by atoms with van der Waals surface area (Å²) in [4.78, 5) is 0. The van der Waals surface area contributed by atoms with E-state index in [9.17, 15) is 8.78 Å². The van der Waals surface area contributed by atoms with Crippen molar-refractivity contribution in [3.63, 3.8) is 0 Å². The van der Waals surface area contributed by atoms with E-state index in [2.05, 4.69) is 10.5 Å². The Kier molecular flexibility index (Phi) is 3.69. The first-order chi connectivity index (χ1) is 8.61. The average Bonchev–Trinajstić information content (AvgIpc) is 2.75. The largest absolute Gasteiger partial charge is 0.271 e. The van der Waals surface area contributed by atoms with Crippen LogP contribution in [0.15, 0.2) is 30.5 Å². The number of hydrogen-bond acceptors (Lipinski definition) is 3. The molecule has 0 aliphatic carbocycles. The second kappa shape index (κ2) is 5.24. The first-order valence-corrected chi connectivity index (χ1v) is 5.49. The third kappa shape index (κ3) is 2.55. The molecule has 2 rings (SSSR count). The Morgan fingerprint density at radius 1 is 1.39 bits per heavy atom. The molecule has 1 aromatic heterocycles. The van der Waals surface area contributed by atoms with Crippen molar-refractivity contribution in [3.05, 3.63) is 53.4 Å². The smallest absolute Gasteiger partial charge is 0.129 e. The summed E-state index contributed by atoms with van der Waals surface area (Å²) < 4.78 is 28.0. The summed E-state index contributed by atoms with van der Waals surface area (Å²) in [6.45, 7) is 0. The SMILES string of the molecule is Cn1nccc1C(Cc1ccc(F)cc1F)NN. The fraction of sp³-hybridized carbons (Fsp3) is 0.250. The highest BCUT2D eigenvalue weighted by Gasteiger charge is 2.16. The van der Waals surface area contributed by atoms with E-state index in [4.69, 9.17) is 5.84 Å². The van der Waals surface area contributed by atoms with Crippen LogP contribution in [0.2, 0.25) is 0 Å². The quantitative estimate of drug-likeness (QED) is 0.639. The summed E-state index contributed by atoms with van der Waals surface area (Å²) in [6.07, 6.45) is 1.96. The van der Waals surface area contributed by atoms with Crippen molar-refractivity contribution >= 4 is 0 Å². The lowest BCUT2D eigenvalue weighted by atomic mass is 10.0. The summed E-state index contributed by atoms with van der Waals surface area (Å²) in [5, 5.41) is 4.03. The van der Waals surface area contributed by atoms with Gasteiger partial charge in [-0.05, 0) is 24.1 Å². The number of hydrogen-bond donors (Lipinski definition) is 2. The van der Waals surface area contributed by atoms with Crippen LogP contribution in [0, 0.1) is 11.6 Å². The van der Waals surface area contributed by atoms with Gasteiger partial charge in [-0.1, -0.05) is 6.07 Å². The number of rotatable bonds is 4. The molecule has 1 unspecified atom stereocenters. The molecule has 0 spiro atoms. The lowest BCUT2D eigenvalue weighted by Crippen LogP contribution is -2.31. The summed E-state index contributed by atoms with van der Waals surface area (Å²) in [6, 6.07) is 5.04. The molecule has 2 aromatic rings. The zero-order valence-corrected chi connectivity index (χ0v) is 9.90. The number of aryl methyl sites for hydroxylation is 1. The van der Waals surface area contributed by atoms with E-state index in [0.29, 0.717) is 12.0 Å². The van der Waals surface area contributed by atoms with Crippen molar-refractivity contribution in [2.75, 3.05) is 0 Å². The molecule has 6 heteroatoms. The summed E-state index contributed by atoms with van der Waals surface area (Å²) in [5.74, 6) is 4.31. The zero-order chi connectivity index (χ0) is 13.1. The molecule has 18 heavy (non-hydrogen) atoms. The molecule has 1 heterocycles. The van der Waals surface area contributed by atoms with Gasteiger partial charge in [0.15, 0.2) is 0 Å². The fourth-order valence-corrected chi connectivity index (χ4v) is 1.88. The number of nitrogens with zero attached hydrogens (tertiary/aromatic N) is 2. The maximum atomic E-state index is 13.6. The standard InChI is InChI=1S/C12H14F2N4/c1-18-12(4-5-16-18)11(17-15)6-8-2-3-9(13)7-10(8)14/h2-5,7,11,17H,6,15H2,1H3. The molecule has 0 aliphatic heterocycles. The average molecular weight is 252 g/mol. The number of halogens is 2. The van der Waals surface area contributed by atoms with Gasteiger partial charge in [-0.15, -0.1) is 0 Å². The van der Waals surface area contributed by atoms with Gasteiger partial charge in [0.25, 0.3) is 0 Å². The Hall–Kier alpha value is -1.79. The Morgan fingerprint density at radius 3 is 2.72 bits per heavy atom. The minimum Gasteiger partial charge on any atom is -0.271 e. The maximum absolute atomic E-state index is 13.6. The minimum atomic E-state index is -0.589. The molecule has 3 N–H and O–H groups in total. The molecule has 1 atom stereocenters. The van der Waals surface area contributed by atoms with E-state index in [1.165, 1.54) is 12.1 Å². The molecule has 0 saturated carbocycles. The van der Waals surface area contributed by atoms with Crippen LogP contribution in [0.4, 0.5) is 8.78 Å². The van der Waals surface area contributed by atoms with E-state index in [1.807, 2.05) is 0 Å². The van der Waals surface area contributed by atoms with Gasteiger partial charge in [-0.25, -0.2) is 8.78 Å². The monoisotopic (exact) mass is 252 g/mol. The highest BCUT2D eigenvalue weighted by atomic mass is 19.1. The van der Waals surface area contributed by atoms with Crippen LogP contribution >= 0.6 is 0 Å². The minimum absolute atomic E-state index is 0.280. The second-order valence-electron chi connectivity index (χ2n) is 4.04. The molecule has 96 valence electrons. The van der Waals surface area contributed by atoms with E-state index in [0.717, 1.165) is 11.8 Å². The molecule has 4 nitrogen and oxygen atoms in total. The predicted molar refractivity (Wildman–Crippen MR) is 63.3 cm³/mol. The number of aromatic nitrogens is 2. The van der Waals surface area contributed by atoms with Gasteiger partial charge in [0, 0.05) is 19.3 Å². The third-order valence-corrected chi connectivity index (χ3v) is 2.86. The molecule has 0 bridgehead atoms. The van der Waals surface area contributed by atoms with Crippen molar-refractivity contribution in [2.24, 2.45) is 12.9 Å². The fourth-order valence-electron chi connectivity index (χ4n) is 1.88. The van der Waals surface area contributed by atoms with Crippen molar-refractivity contribution < 1.29 is 8.78 Å². The van der Waals surface area contributed by atoms with Gasteiger partial charge in [0.2, 0.25) is 0 Å². The van der Waals surface area contributed by atoms with Crippen LogP contribution in [-0.2, 0) is 13.5 Å². The number of hydrazine groups is 1. The van der Waals surface area contributed by atoms with Crippen LogP contribution in [0.1, 0.15) is 17.3 Å². The number of nitrogens with one attached hydrogen (secondary N) is 1. The number of benzene rings is 1. The van der Waals surface area contributed by atoms with Crippen LogP contribution in [0.5, 0.6) is 0 Å². The molecule has 0 amide bonds. The summed E-state index contributed by atoms with van der Waals surface area (Å²) in [7, 11) is 1.78. The zero-order valence-electron chi connectivity index (χ0n) is 9.90. The second-order valence-corrected chi connectivity index (χ2v) is 4.04. The van der Waals surface area contributed by atoms with Gasteiger partial charge in [-0.2, -0.15) is 5.10 Å². The van der Waals surface area contributed by atoms with Crippen LogP contribution < -0.4 is 11.3 Å². The lowest BCUT2D eigenvalue weighted by Gasteiger charge is -2.16. The molecule has 1 aromatic carbocycles. The highest BCUT2D eigenvalue weighted by Crippen LogP contribution is 2.19. The lowest BCUT2D eigenvalue weighted by molar-refractivity contribution is 0.492. The van der Waals surface area contributed by atoms with Gasteiger partial charge in [-0.3, -0.25) is 16.0 Å². The Balaban J connectivity index is 2.23. The molecule has 0 saturated heterocycles. The van der Waals surface area contributed by atoms with E-state index >= 15 is 0 Å². The molecular formula is C12H14F2N4. The van der Waals surface area contributed by atoms with Gasteiger partial charge in [0.1, 0.15) is 11.6 Å². The normalized spacial score (nSPS) is 12.7. The summed E-state index contributed by atoms with van der Waals surface area (Å²) >= 11 is 0. The van der Waals surface area contributed by atoms with E-state index in [-0.39, 0.29) is 6.04 Å². The third-order valence-electron chi connectivity index (χ3n) is 2.86. The molecule has 0 fully saturated rings. The topological polar surface area (TPSA) is 55.9 Å². The highest BCUT2D eigenvalue weighted by molar-refractivity contribution is 5.21. The Bertz CT molecular complexity index is 539. The van der Waals surface area contributed by atoms with Crippen LogP contribution in [-0.4, -0.2) is 9.78 Å². The van der Waals surface area contributed by atoms with Crippen molar-refractivity contribution in [3.8, 4) is 0 Å². The van der Waals surface area contributed by atoms with Crippen LogP contribution in [0.3, 0.4) is 0 Å². The first-order valence-electron chi connectivity index (χ1n) is 5.49. The molecule has 0 radical (unpaired) electrons.